The van der Waals surface area contributed by atoms with Gasteiger partial charge in [0.2, 0.25) is 0 Å². The minimum Gasteiger partial charge on any atom is -0.495 e. The molecule has 0 bridgehead atoms. The molecule has 3 rings (SSSR count). The second-order valence-corrected chi connectivity index (χ2v) is 7.55. The van der Waals surface area contributed by atoms with Crippen LogP contribution in [-0.2, 0) is 7.05 Å². The van der Waals surface area contributed by atoms with E-state index in [0.29, 0.717) is 17.0 Å². The third-order valence-corrected chi connectivity index (χ3v) is 5.38. The second-order valence-electron chi connectivity index (χ2n) is 6.21. The molecule has 1 unspecified atom stereocenters. The zero-order chi connectivity index (χ0) is 19.7. The summed E-state index contributed by atoms with van der Waals surface area (Å²) in [5.41, 5.74) is 2.80. The lowest BCUT2D eigenvalue weighted by molar-refractivity contribution is 0.412. The summed E-state index contributed by atoms with van der Waals surface area (Å²) >= 11 is 7.89. The molecule has 140 valence electrons. The summed E-state index contributed by atoms with van der Waals surface area (Å²) in [6, 6.07) is 7.34. The topological polar surface area (TPSA) is 79.9 Å². The number of nitrogens with zero attached hydrogens (tertiary/aromatic N) is 3. The molecule has 3 aromatic rings. The summed E-state index contributed by atoms with van der Waals surface area (Å²) in [6.07, 6.45) is 3.54. The van der Waals surface area contributed by atoms with Crippen molar-refractivity contribution in [3.63, 3.8) is 0 Å². The van der Waals surface area contributed by atoms with Gasteiger partial charge in [0.1, 0.15) is 5.75 Å². The molecule has 0 aliphatic carbocycles. The number of fused-ring (bicyclic) bond motifs is 1. The summed E-state index contributed by atoms with van der Waals surface area (Å²) in [5.74, 6) is 0.644. The van der Waals surface area contributed by atoms with Crippen LogP contribution in [0.4, 0.5) is 5.69 Å². The van der Waals surface area contributed by atoms with Gasteiger partial charge in [-0.1, -0.05) is 6.92 Å². The van der Waals surface area contributed by atoms with Crippen molar-refractivity contribution < 1.29 is 14.8 Å². The van der Waals surface area contributed by atoms with Crippen molar-refractivity contribution in [2.45, 2.75) is 17.7 Å². The van der Waals surface area contributed by atoms with E-state index in [1.165, 1.54) is 0 Å². The van der Waals surface area contributed by atoms with Crippen LogP contribution in [0, 0.1) is 0 Å². The Morgan fingerprint density at radius 3 is 2.74 bits per heavy atom. The number of rotatable bonds is 5. The summed E-state index contributed by atoms with van der Waals surface area (Å²) in [5, 5.41) is 19.8. The number of hydrogen-bond acceptors (Lipinski definition) is 6. The zero-order valence-electron chi connectivity index (χ0n) is 15.1. The zero-order valence-corrected chi connectivity index (χ0v) is 17.6. The molecule has 1 atom stereocenters. The fourth-order valence-corrected chi connectivity index (χ4v) is 3.76. The molecule has 9 heteroatoms. The highest BCUT2D eigenvalue weighted by molar-refractivity contribution is 9.10. The van der Waals surface area contributed by atoms with E-state index in [0.717, 1.165) is 26.0 Å². The molecular weight excluding hydrogens is 429 g/mol. The van der Waals surface area contributed by atoms with Crippen LogP contribution in [0.2, 0.25) is 0 Å². The van der Waals surface area contributed by atoms with Crippen molar-refractivity contribution >= 4 is 64.1 Å². The van der Waals surface area contributed by atoms with E-state index in [1.807, 2.05) is 25.1 Å². The van der Waals surface area contributed by atoms with Crippen LogP contribution in [0.25, 0.3) is 10.9 Å². The van der Waals surface area contributed by atoms with Gasteiger partial charge in [0, 0.05) is 46.8 Å². The molecule has 0 aliphatic heterocycles. The molecular formula is C18H19BBrN3O3S. The van der Waals surface area contributed by atoms with E-state index in [1.54, 1.807) is 37.2 Å². The number of halogens is 1. The average molecular weight is 448 g/mol. The third kappa shape index (κ3) is 4.06. The fourth-order valence-electron chi connectivity index (χ4n) is 2.83. The first kappa shape index (κ1) is 19.9. The Morgan fingerprint density at radius 1 is 1.33 bits per heavy atom. The summed E-state index contributed by atoms with van der Waals surface area (Å²) in [6.45, 7) is 2.00. The first-order chi connectivity index (χ1) is 12.8. The van der Waals surface area contributed by atoms with Crippen LogP contribution in [0.3, 0.4) is 0 Å². The van der Waals surface area contributed by atoms with Crippen LogP contribution in [-0.4, -0.2) is 40.0 Å². The number of hydrogen-bond donors (Lipinski definition) is 3. The van der Waals surface area contributed by atoms with Crippen LogP contribution in [0.1, 0.15) is 18.5 Å². The minimum atomic E-state index is -1.52. The lowest BCUT2D eigenvalue weighted by Crippen LogP contribution is -2.34. The van der Waals surface area contributed by atoms with Gasteiger partial charge >= 0.3 is 7.12 Å². The Kier molecular flexibility index (Phi) is 5.95. The molecule has 0 spiro atoms. The largest absolute Gasteiger partial charge is 0.505 e. The van der Waals surface area contributed by atoms with Crippen LogP contribution >= 0.6 is 28.6 Å². The lowest BCUT2D eigenvalue weighted by Gasteiger charge is -2.08. The van der Waals surface area contributed by atoms with E-state index < -0.39 is 7.12 Å². The maximum atomic E-state index is 9.45. The van der Waals surface area contributed by atoms with Gasteiger partial charge < -0.3 is 19.4 Å². The Balaban J connectivity index is 1.90. The quantitative estimate of drug-likeness (QED) is 0.319. The molecule has 0 fully saturated rings. The smallest absolute Gasteiger partial charge is 0.495 e. The number of thiol groups is 1. The van der Waals surface area contributed by atoms with Crippen molar-refractivity contribution in [1.82, 2.24) is 9.55 Å². The Labute approximate surface area is 171 Å². The van der Waals surface area contributed by atoms with Gasteiger partial charge in [-0.2, -0.15) is 0 Å². The molecule has 2 aromatic heterocycles. The Bertz CT molecular complexity index is 1020. The van der Waals surface area contributed by atoms with Gasteiger partial charge in [-0.05, 0) is 34.1 Å². The van der Waals surface area contributed by atoms with Gasteiger partial charge in [-0.15, -0.1) is 12.6 Å². The molecule has 0 saturated heterocycles. The Hall–Kier alpha value is -1.81. The highest BCUT2D eigenvalue weighted by Gasteiger charge is 2.18. The van der Waals surface area contributed by atoms with Crippen molar-refractivity contribution in [2.75, 3.05) is 7.11 Å². The summed E-state index contributed by atoms with van der Waals surface area (Å²) in [7, 11) is 1.86. The van der Waals surface area contributed by atoms with Gasteiger partial charge in [0.05, 0.1) is 29.0 Å². The number of methoxy groups -OCH3 is 1. The second kappa shape index (κ2) is 8.06. The van der Waals surface area contributed by atoms with E-state index in [9.17, 15) is 10.0 Å². The molecule has 27 heavy (non-hydrogen) atoms. The van der Waals surface area contributed by atoms with Gasteiger partial charge in [-0.25, -0.2) is 0 Å². The number of pyridine rings is 1. The number of aromatic nitrogens is 2. The maximum absolute atomic E-state index is 9.45. The predicted octanol–water partition coefficient (Wildman–Crippen LogP) is 2.82. The number of aryl methyl sites for hydroxylation is 1. The maximum Gasteiger partial charge on any atom is 0.505 e. The van der Waals surface area contributed by atoms with Gasteiger partial charge in [0.15, 0.2) is 0 Å². The fraction of sp³-hybridized carbons (Fsp3) is 0.222. The predicted molar refractivity (Wildman–Crippen MR) is 115 cm³/mol. The SMILES string of the molecule is COc1cc(N=CC(C)c2cc3cc(B(O)O)n(C)c3cn2)c(S)cc1Br. The molecule has 0 radical (unpaired) electrons. The normalized spacial score (nSPS) is 12.7. The summed E-state index contributed by atoms with van der Waals surface area (Å²) < 4.78 is 7.84. The summed E-state index contributed by atoms with van der Waals surface area (Å²) in [4.78, 5) is 9.77. The van der Waals surface area contributed by atoms with Crippen molar-refractivity contribution in [3.05, 3.63) is 40.6 Å². The average Bonchev–Trinajstić information content (AvgIpc) is 2.97. The monoisotopic (exact) mass is 447 g/mol. The van der Waals surface area contributed by atoms with Crippen molar-refractivity contribution in [2.24, 2.45) is 12.0 Å². The first-order valence-electron chi connectivity index (χ1n) is 8.24. The van der Waals surface area contributed by atoms with E-state index >= 15 is 0 Å². The van der Waals surface area contributed by atoms with Crippen LogP contribution in [0.5, 0.6) is 5.75 Å². The number of aliphatic imine (C=N–C) groups is 1. The molecule has 1 aromatic carbocycles. The van der Waals surface area contributed by atoms with E-state index in [4.69, 9.17) is 4.74 Å². The molecule has 0 aliphatic rings. The highest BCUT2D eigenvalue weighted by atomic mass is 79.9. The van der Waals surface area contributed by atoms with Crippen molar-refractivity contribution in [3.8, 4) is 5.75 Å². The highest BCUT2D eigenvalue weighted by Crippen LogP contribution is 2.35. The van der Waals surface area contributed by atoms with Crippen LogP contribution in [0.15, 0.2) is 44.8 Å². The molecule has 0 saturated carbocycles. The number of ether oxygens (including phenoxy) is 1. The van der Waals surface area contributed by atoms with Gasteiger partial charge in [-0.3, -0.25) is 9.98 Å². The van der Waals surface area contributed by atoms with E-state index in [-0.39, 0.29) is 5.92 Å². The number of benzene rings is 1. The Morgan fingerprint density at radius 2 is 2.07 bits per heavy atom. The molecule has 2 heterocycles. The standard InChI is InChI=1S/C18H19BBrN3O3S/c1-10(8-21-14-7-16(26-3)12(20)6-17(14)27)13-4-11-5-18(19(24)25)23(2)15(11)9-22-13/h4-10,24-25,27H,1-3H3. The first-order valence-corrected chi connectivity index (χ1v) is 9.48. The lowest BCUT2D eigenvalue weighted by atomic mass is 9.86. The van der Waals surface area contributed by atoms with Crippen molar-refractivity contribution in [1.29, 1.82) is 0 Å². The van der Waals surface area contributed by atoms with E-state index in [2.05, 4.69) is 38.5 Å². The van der Waals surface area contributed by atoms with Crippen LogP contribution < -0.4 is 10.3 Å². The minimum absolute atomic E-state index is 0.0421. The molecule has 0 amide bonds. The third-order valence-electron chi connectivity index (χ3n) is 4.40. The molecule has 6 nitrogen and oxygen atoms in total. The van der Waals surface area contributed by atoms with Gasteiger partial charge in [0.25, 0.3) is 0 Å². The molecule has 2 N–H and O–H groups in total.